The molecule has 98 valence electrons. The first-order chi connectivity index (χ1) is 10.3. The molecule has 0 saturated carbocycles. The van der Waals surface area contributed by atoms with Crippen LogP contribution in [0.25, 0.3) is 15.7 Å². The van der Waals surface area contributed by atoms with E-state index in [0.717, 1.165) is 20.5 Å². The zero-order valence-corrected chi connectivity index (χ0v) is 11.9. The molecule has 0 radical (unpaired) electrons. The third-order valence-corrected chi connectivity index (χ3v) is 4.34. The van der Waals surface area contributed by atoms with E-state index in [1.165, 1.54) is 0 Å². The largest absolute Gasteiger partial charge is 0.192 e. The maximum absolute atomic E-state index is 9.27. The Labute approximate surface area is 126 Å². The van der Waals surface area contributed by atoms with Crippen molar-refractivity contribution in [3.05, 3.63) is 76.7 Å². The van der Waals surface area contributed by atoms with Crippen LogP contribution in [0.4, 0.5) is 0 Å². The highest BCUT2D eigenvalue weighted by molar-refractivity contribution is 7.20. The zero-order chi connectivity index (χ0) is 14.7. The minimum Gasteiger partial charge on any atom is -0.192 e. The van der Waals surface area contributed by atoms with Gasteiger partial charge in [0.25, 0.3) is 0 Å². The molecule has 0 unspecified atom stereocenters. The Balaban J connectivity index is 2.29. The summed E-state index contributed by atoms with van der Waals surface area (Å²) >= 11 is 1.60. The van der Waals surface area contributed by atoms with Crippen LogP contribution in [0.15, 0.2) is 66.2 Å². The third kappa shape index (κ3) is 2.43. The summed E-state index contributed by atoms with van der Waals surface area (Å²) in [6.45, 7) is 0. The van der Waals surface area contributed by atoms with Crippen LogP contribution in [-0.2, 0) is 0 Å². The summed E-state index contributed by atoms with van der Waals surface area (Å²) in [6.07, 6.45) is 0. The number of fused-ring (bicyclic) bond motifs is 1. The third-order valence-electron chi connectivity index (χ3n) is 3.21. The highest BCUT2D eigenvalue weighted by atomic mass is 32.1. The van der Waals surface area contributed by atoms with Crippen molar-refractivity contribution in [2.24, 2.45) is 0 Å². The molecule has 0 aliphatic rings. The molecule has 0 bridgehead atoms. The number of nitriles is 2. The molecule has 0 atom stereocenters. The van der Waals surface area contributed by atoms with Crippen molar-refractivity contribution in [3.8, 4) is 12.1 Å². The molecular formula is C18H10N2S. The molecule has 0 saturated heterocycles. The Bertz CT molecular complexity index is 857. The van der Waals surface area contributed by atoms with E-state index in [-0.39, 0.29) is 5.57 Å². The molecule has 0 N–H and O–H groups in total. The fourth-order valence-corrected chi connectivity index (χ4v) is 3.39. The van der Waals surface area contributed by atoms with E-state index in [2.05, 4.69) is 0 Å². The van der Waals surface area contributed by atoms with Crippen LogP contribution >= 0.6 is 11.3 Å². The van der Waals surface area contributed by atoms with Crippen LogP contribution in [0.3, 0.4) is 0 Å². The SMILES string of the molecule is N#CC(C#N)=C(c1ccccc1)c1cc2ccccc2s1. The van der Waals surface area contributed by atoms with Crippen LogP contribution in [0.2, 0.25) is 0 Å². The number of hydrogen-bond donors (Lipinski definition) is 0. The second-order valence-electron chi connectivity index (χ2n) is 4.49. The number of nitrogens with zero attached hydrogens (tertiary/aromatic N) is 2. The summed E-state index contributed by atoms with van der Waals surface area (Å²) < 4.78 is 1.15. The van der Waals surface area contributed by atoms with Crippen LogP contribution in [0, 0.1) is 22.7 Å². The molecule has 2 nitrogen and oxygen atoms in total. The van der Waals surface area contributed by atoms with Gasteiger partial charge in [-0.2, -0.15) is 10.5 Å². The second kappa shape index (κ2) is 5.63. The Hall–Kier alpha value is -2.88. The van der Waals surface area contributed by atoms with E-state index in [9.17, 15) is 10.5 Å². The first-order valence-electron chi connectivity index (χ1n) is 6.42. The molecule has 3 heteroatoms. The maximum atomic E-state index is 9.27. The Morgan fingerprint density at radius 2 is 1.52 bits per heavy atom. The highest BCUT2D eigenvalue weighted by Gasteiger charge is 2.14. The molecule has 3 aromatic rings. The lowest BCUT2D eigenvalue weighted by Crippen LogP contribution is -1.89. The first-order valence-corrected chi connectivity index (χ1v) is 7.24. The Morgan fingerprint density at radius 1 is 0.857 bits per heavy atom. The van der Waals surface area contributed by atoms with Crippen molar-refractivity contribution < 1.29 is 0 Å². The van der Waals surface area contributed by atoms with E-state index < -0.39 is 0 Å². The molecule has 1 heterocycles. The highest BCUT2D eigenvalue weighted by Crippen LogP contribution is 2.35. The van der Waals surface area contributed by atoms with Crippen LogP contribution in [0.5, 0.6) is 0 Å². The van der Waals surface area contributed by atoms with E-state index in [1.54, 1.807) is 11.3 Å². The molecule has 0 spiro atoms. The molecule has 1 aromatic heterocycles. The quantitative estimate of drug-likeness (QED) is 0.638. The average molecular weight is 286 g/mol. The van der Waals surface area contributed by atoms with Crippen molar-refractivity contribution in [3.63, 3.8) is 0 Å². The van der Waals surface area contributed by atoms with Gasteiger partial charge in [0, 0.05) is 15.2 Å². The molecule has 2 aromatic carbocycles. The molecule has 0 aliphatic carbocycles. The summed E-state index contributed by atoms with van der Waals surface area (Å²) in [5, 5.41) is 19.7. The van der Waals surface area contributed by atoms with Crippen molar-refractivity contribution in [2.75, 3.05) is 0 Å². The topological polar surface area (TPSA) is 47.6 Å². The lowest BCUT2D eigenvalue weighted by molar-refractivity contribution is 1.45. The molecule has 3 rings (SSSR count). The number of allylic oxidation sites excluding steroid dienone is 1. The van der Waals surface area contributed by atoms with Crippen molar-refractivity contribution in [1.82, 2.24) is 0 Å². The number of benzene rings is 2. The summed E-state index contributed by atoms with van der Waals surface area (Å²) in [7, 11) is 0. The van der Waals surface area contributed by atoms with Crippen molar-refractivity contribution >= 4 is 27.0 Å². The molecule has 0 amide bonds. The van der Waals surface area contributed by atoms with Gasteiger partial charge in [-0.15, -0.1) is 11.3 Å². The number of thiophene rings is 1. The maximum Gasteiger partial charge on any atom is 0.138 e. The van der Waals surface area contributed by atoms with Gasteiger partial charge < -0.3 is 0 Å². The van der Waals surface area contributed by atoms with Gasteiger partial charge in [0.05, 0.1) is 0 Å². The van der Waals surface area contributed by atoms with Gasteiger partial charge >= 0.3 is 0 Å². The van der Waals surface area contributed by atoms with Crippen LogP contribution in [-0.4, -0.2) is 0 Å². The van der Waals surface area contributed by atoms with Gasteiger partial charge in [0.2, 0.25) is 0 Å². The van der Waals surface area contributed by atoms with Gasteiger partial charge in [-0.25, -0.2) is 0 Å². The zero-order valence-electron chi connectivity index (χ0n) is 11.1. The van der Waals surface area contributed by atoms with E-state index >= 15 is 0 Å². The van der Waals surface area contributed by atoms with Gasteiger partial charge in [-0.05, 0) is 23.1 Å². The van der Waals surface area contributed by atoms with Gasteiger partial charge in [-0.3, -0.25) is 0 Å². The van der Waals surface area contributed by atoms with E-state index in [4.69, 9.17) is 0 Å². The van der Waals surface area contributed by atoms with Gasteiger partial charge in [0.1, 0.15) is 17.7 Å². The lowest BCUT2D eigenvalue weighted by Gasteiger charge is -2.05. The monoisotopic (exact) mass is 286 g/mol. The number of hydrogen-bond acceptors (Lipinski definition) is 3. The first kappa shape index (κ1) is 13.1. The molecular weight excluding hydrogens is 276 g/mol. The smallest absolute Gasteiger partial charge is 0.138 e. The van der Waals surface area contributed by atoms with Gasteiger partial charge in [0.15, 0.2) is 0 Å². The fraction of sp³-hybridized carbons (Fsp3) is 0. The molecule has 21 heavy (non-hydrogen) atoms. The van der Waals surface area contributed by atoms with Gasteiger partial charge in [-0.1, -0.05) is 48.5 Å². The van der Waals surface area contributed by atoms with E-state index in [1.807, 2.05) is 72.8 Å². The van der Waals surface area contributed by atoms with Crippen LogP contribution in [0.1, 0.15) is 10.4 Å². The van der Waals surface area contributed by atoms with Crippen molar-refractivity contribution in [2.45, 2.75) is 0 Å². The summed E-state index contributed by atoms with van der Waals surface area (Å²) in [5.41, 5.74) is 1.75. The predicted molar refractivity (Wildman–Crippen MR) is 85.5 cm³/mol. The van der Waals surface area contributed by atoms with Crippen LogP contribution < -0.4 is 0 Å². The summed E-state index contributed by atoms with van der Waals surface area (Å²) in [6, 6.07) is 23.7. The normalized spacial score (nSPS) is 9.81. The molecule has 0 aliphatic heterocycles. The van der Waals surface area contributed by atoms with E-state index in [0.29, 0.717) is 5.57 Å². The fourth-order valence-electron chi connectivity index (χ4n) is 2.26. The average Bonchev–Trinajstić information content (AvgIpc) is 2.96. The predicted octanol–water partition coefficient (Wildman–Crippen LogP) is 4.75. The molecule has 0 fully saturated rings. The minimum atomic E-state index is 0.146. The minimum absolute atomic E-state index is 0.146. The lowest BCUT2D eigenvalue weighted by atomic mass is 9.99. The summed E-state index contributed by atoms with van der Waals surface area (Å²) in [5.74, 6) is 0. The second-order valence-corrected chi connectivity index (χ2v) is 5.57. The van der Waals surface area contributed by atoms with Crippen molar-refractivity contribution in [1.29, 1.82) is 10.5 Å². The Kier molecular flexibility index (Phi) is 3.51. The Morgan fingerprint density at radius 3 is 2.19 bits per heavy atom. The number of rotatable bonds is 2. The standard InChI is InChI=1S/C18H10N2S/c19-11-15(12-20)18(13-6-2-1-3-7-13)17-10-14-8-4-5-9-16(14)21-17/h1-10H. The summed E-state index contributed by atoms with van der Waals surface area (Å²) in [4.78, 5) is 0.945.